The molecule has 3 heterocycles. The highest BCUT2D eigenvalue weighted by Crippen LogP contribution is 2.49. The number of nitrogens with zero attached hydrogens (tertiary/aromatic N) is 4. The summed E-state index contributed by atoms with van der Waals surface area (Å²) < 4.78 is 0.916. The van der Waals surface area contributed by atoms with E-state index in [9.17, 15) is 19.5 Å². The molecule has 1 fully saturated rings. The molecule has 9 nitrogen and oxygen atoms in total. The van der Waals surface area contributed by atoms with Crippen molar-refractivity contribution in [2.24, 2.45) is 0 Å². The number of amides is 2. The number of hydrogen-bond donors (Lipinski definition) is 3. The molecule has 2 N–H and O–H groups in total. The van der Waals surface area contributed by atoms with Crippen LogP contribution in [-0.2, 0) is 20.8 Å². The first-order valence-electron chi connectivity index (χ1n) is 8.80. The SMILES string of the molecule is O=C(Cc1ccccc1)NC1C(=O)[N+]2(CS)C(C(=O)O)=C(n3ccnn3)CS[C@@H]12. The Labute approximate surface area is 175 Å². The maximum atomic E-state index is 13.1. The zero-order valence-electron chi connectivity index (χ0n) is 15.1. The van der Waals surface area contributed by atoms with Gasteiger partial charge in [-0.15, -0.1) is 17.7 Å². The first-order valence-corrected chi connectivity index (χ1v) is 10.5. The minimum absolute atomic E-state index is 0.0264. The van der Waals surface area contributed by atoms with Crippen molar-refractivity contribution < 1.29 is 24.0 Å². The van der Waals surface area contributed by atoms with Crippen molar-refractivity contribution in [3.05, 3.63) is 54.0 Å². The first-order chi connectivity index (χ1) is 14.0. The topological polar surface area (TPSA) is 114 Å². The van der Waals surface area contributed by atoms with Gasteiger partial charge in [-0.2, -0.15) is 4.48 Å². The predicted molar refractivity (Wildman–Crippen MR) is 108 cm³/mol. The Morgan fingerprint density at radius 2 is 2.10 bits per heavy atom. The van der Waals surface area contributed by atoms with Crippen LogP contribution in [0, 0.1) is 0 Å². The number of carbonyl (C=O) groups is 3. The third kappa shape index (κ3) is 3.15. The Bertz CT molecular complexity index is 995. The second-order valence-electron chi connectivity index (χ2n) is 6.71. The average Bonchev–Trinajstić information content (AvgIpc) is 3.25. The summed E-state index contributed by atoms with van der Waals surface area (Å²) in [7, 11) is 0. The second kappa shape index (κ2) is 7.65. The molecule has 29 heavy (non-hydrogen) atoms. The maximum absolute atomic E-state index is 13.1. The number of thioether (sulfide) groups is 1. The van der Waals surface area contributed by atoms with E-state index >= 15 is 0 Å². The number of fused-ring (bicyclic) bond motifs is 1. The number of carboxylic acid groups (broad SMARTS) is 1. The molecular formula is C18H18N5O4S2+. The van der Waals surface area contributed by atoms with Crippen LogP contribution < -0.4 is 5.32 Å². The van der Waals surface area contributed by atoms with Gasteiger partial charge in [-0.25, -0.2) is 14.3 Å². The van der Waals surface area contributed by atoms with Gasteiger partial charge in [0.15, 0.2) is 5.37 Å². The Balaban J connectivity index is 1.61. The Kier molecular flexibility index (Phi) is 5.19. The highest BCUT2D eigenvalue weighted by atomic mass is 32.2. The van der Waals surface area contributed by atoms with Gasteiger partial charge in [-0.05, 0) is 5.56 Å². The van der Waals surface area contributed by atoms with Crippen LogP contribution in [0.5, 0.6) is 0 Å². The normalized spacial score (nSPS) is 25.9. The third-order valence-electron chi connectivity index (χ3n) is 5.09. The number of thiol groups is 1. The van der Waals surface area contributed by atoms with Crippen molar-refractivity contribution >= 4 is 47.9 Å². The first kappa shape index (κ1) is 19.7. The fourth-order valence-corrected chi connectivity index (χ4v) is 5.85. The van der Waals surface area contributed by atoms with Gasteiger partial charge in [0.05, 0.1) is 18.8 Å². The van der Waals surface area contributed by atoms with Gasteiger partial charge in [0.2, 0.25) is 17.6 Å². The molecule has 0 radical (unpaired) electrons. The van der Waals surface area contributed by atoms with E-state index < -0.39 is 27.8 Å². The smallest absolute Gasteiger partial charge is 0.393 e. The summed E-state index contributed by atoms with van der Waals surface area (Å²) in [6.07, 6.45) is 3.13. The molecule has 1 aromatic carbocycles. The highest BCUT2D eigenvalue weighted by molar-refractivity contribution is 8.00. The van der Waals surface area contributed by atoms with Gasteiger partial charge in [0.25, 0.3) is 0 Å². The summed E-state index contributed by atoms with van der Waals surface area (Å²) >= 11 is 5.71. The number of nitrogens with one attached hydrogen (secondary N) is 1. The zero-order valence-corrected chi connectivity index (χ0v) is 16.8. The lowest BCUT2D eigenvalue weighted by Crippen LogP contribution is -2.81. The van der Waals surface area contributed by atoms with Crippen LogP contribution >= 0.6 is 24.4 Å². The molecule has 2 aliphatic rings. The van der Waals surface area contributed by atoms with E-state index in [2.05, 4.69) is 28.3 Å². The number of aromatic nitrogens is 3. The molecule has 2 unspecified atom stereocenters. The lowest BCUT2D eigenvalue weighted by molar-refractivity contribution is -0.840. The van der Waals surface area contributed by atoms with Crippen LogP contribution in [0.3, 0.4) is 0 Å². The molecule has 2 aliphatic heterocycles. The Morgan fingerprint density at radius 1 is 1.34 bits per heavy atom. The number of β-lactam (4-membered cyclic amide) rings is 1. The van der Waals surface area contributed by atoms with Gasteiger partial charge in [0, 0.05) is 5.75 Å². The number of benzene rings is 1. The molecule has 11 heteroatoms. The summed E-state index contributed by atoms with van der Waals surface area (Å²) in [4.78, 5) is 37.7. The van der Waals surface area contributed by atoms with Crippen molar-refractivity contribution in [2.45, 2.75) is 17.8 Å². The largest absolute Gasteiger partial charge is 0.474 e. The van der Waals surface area contributed by atoms with Crippen LogP contribution in [0.2, 0.25) is 0 Å². The van der Waals surface area contributed by atoms with Crippen LogP contribution in [-0.4, -0.2) is 65.4 Å². The Morgan fingerprint density at radius 3 is 2.72 bits per heavy atom. The fourth-order valence-electron chi connectivity index (χ4n) is 3.77. The minimum atomic E-state index is -1.21. The van der Waals surface area contributed by atoms with Crippen molar-refractivity contribution in [2.75, 3.05) is 11.6 Å². The summed E-state index contributed by atoms with van der Waals surface area (Å²) in [5.41, 5.74) is 1.14. The molecule has 150 valence electrons. The third-order valence-corrected chi connectivity index (χ3v) is 6.95. The number of quaternary nitrogens is 1. The molecule has 0 bridgehead atoms. The van der Waals surface area contributed by atoms with E-state index in [4.69, 9.17) is 0 Å². The van der Waals surface area contributed by atoms with Crippen molar-refractivity contribution in [1.82, 2.24) is 20.3 Å². The van der Waals surface area contributed by atoms with E-state index in [-0.39, 0.29) is 23.9 Å². The molecule has 1 saturated heterocycles. The average molecular weight is 433 g/mol. The quantitative estimate of drug-likeness (QED) is 0.347. The van der Waals surface area contributed by atoms with E-state index in [0.717, 1.165) is 5.56 Å². The molecule has 0 saturated carbocycles. The van der Waals surface area contributed by atoms with E-state index in [1.807, 2.05) is 30.3 Å². The molecule has 2 aromatic rings. The molecular weight excluding hydrogens is 414 g/mol. The van der Waals surface area contributed by atoms with Crippen LogP contribution in [0.1, 0.15) is 5.56 Å². The van der Waals surface area contributed by atoms with Gasteiger partial charge in [-0.1, -0.05) is 47.3 Å². The monoisotopic (exact) mass is 432 g/mol. The van der Waals surface area contributed by atoms with Gasteiger partial charge in [-0.3, -0.25) is 4.79 Å². The maximum Gasteiger partial charge on any atom is 0.393 e. The van der Waals surface area contributed by atoms with Crippen molar-refractivity contribution in [3.63, 3.8) is 0 Å². The summed E-state index contributed by atoms with van der Waals surface area (Å²) in [5.74, 6) is -1.59. The molecule has 2 amide bonds. The summed E-state index contributed by atoms with van der Waals surface area (Å²) in [6.45, 7) is 0. The molecule has 0 aliphatic carbocycles. The molecule has 3 atom stereocenters. The number of hydrogen-bond acceptors (Lipinski definition) is 7. The van der Waals surface area contributed by atoms with Crippen LogP contribution in [0.15, 0.2) is 48.4 Å². The summed E-state index contributed by atoms with van der Waals surface area (Å²) in [6, 6.07) is 8.44. The van der Waals surface area contributed by atoms with Gasteiger partial charge < -0.3 is 10.4 Å². The second-order valence-corrected chi connectivity index (χ2v) is 8.09. The number of carboxylic acids is 1. The van der Waals surface area contributed by atoms with Gasteiger partial charge in [0.1, 0.15) is 11.6 Å². The fraction of sp³-hybridized carbons (Fsp3) is 0.278. The predicted octanol–water partition coefficient (Wildman–Crippen LogP) is 0.576. The van der Waals surface area contributed by atoms with Gasteiger partial charge >= 0.3 is 11.9 Å². The lowest BCUT2D eigenvalue weighted by Gasteiger charge is -2.53. The summed E-state index contributed by atoms with van der Waals surface area (Å²) in [5, 5.41) is 19.8. The minimum Gasteiger partial charge on any atom is -0.474 e. The van der Waals surface area contributed by atoms with E-state index in [1.165, 1.54) is 28.8 Å². The lowest BCUT2D eigenvalue weighted by atomic mass is 9.99. The molecule has 0 spiro atoms. The Hall–Kier alpha value is -2.63. The van der Waals surface area contributed by atoms with Crippen molar-refractivity contribution in [3.8, 4) is 0 Å². The number of carbonyl (C=O) groups excluding carboxylic acids is 2. The van der Waals surface area contributed by atoms with Crippen LogP contribution in [0.25, 0.3) is 5.70 Å². The van der Waals surface area contributed by atoms with Crippen LogP contribution in [0.4, 0.5) is 0 Å². The van der Waals surface area contributed by atoms with E-state index in [0.29, 0.717) is 11.4 Å². The zero-order chi connectivity index (χ0) is 20.6. The number of aliphatic carboxylic acids is 1. The van der Waals surface area contributed by atoms with E-state index in [1.54, 1.807) is 0 Å². The van der Waals surface area contributed by atoms with Crippen molar-refractivity contribution in [1.29, 1.82) is 0 Å². The molecule has 1 aromatic heterocycles. The number of rotatable bonds is 6. The highest BCUT2D eigenvalue weighted by Gasteiger charge is 2.70. The molecule has 4 rings (SSSR count). The standard InChI is InChI=1S/C18H17N5O4S2/c24-13(8-11-4-2-1-3-5-11)20-14-16(25)23(10-28)15(18(26)27)12(9-29-17(14)23)22-7-6-19-21-22/h1-7,14,17H,8-10H2,(H2-,20,24,26,27,28)/p+1/t14?,17-,23?/m0/s1.